The first-order valence-corrected chi connectivity index (χ1v) is 7.62. The molecule has 1 aliphatic carbocycles. The van der Waals surface area contributed by atoms with E-state index in [1.54, 1.807) is 0 Å². The van der Waals surface area contributed by atoms with Crippen LogP contribution >= 0.6 is 0 Å². The van der Waals surface area contributed by atoms with Gasteiger partial charge in [0.1, 0.15) is 5.54 Å². The fraction of sp³-hybridized carbons (Fsp3) is 0.375. The average molecular weight is 310 g/mol. The minimum absolute atomic E-state index is 0.0369. The Balaban J connectivity index is 1.56. The second kappa shape index (κ2) is 4.65. The molecule has 0 spiro atoms. The van der Waals surface area contributed by atoms with Crippen molar-refractivity contribution >= 4 is 16.8 Å². The van der Waals surface area contributed by atoms with E-state index in [1.165, 1.54) is 0 Å². The molecule has 0 saturated heterocycles. The maximum Gasteiger partial charge on any atom is 0.225 e. The van der Waals surface area contributed by atoms with Crippen LogP contribution in [0.1, 0.15) is 31.7 Å². The van der Waals surface area contributed by atoms with Crippen LogP contribution in [-0.2, 0) is 16.8 Å². The first-order chi connectivity index (χ1) is 11.0. The highest BCUT2D eigenvalue weighted by molar-refractivity contribution is 5.89. The first-order valence-electron chi connectivity index (χ1n) is 7.62. The Labute approximate surface area is 132 Å². The summed E-state index contributed by atoms with van der Waals surface area (Å²) < 4.78 is 0. The van der Waals surface area contributed by atoms with Gasteiger partial charge in [-0.25, -0.2) is 0 Å². The van der Waals surface area contributed by atoms with E-state index in [0.717, 1.165) is 22.9 Å². The molecule has 1 aliphatic rings. The van der Waals surface area contributed by atoms with E-state index < -0.39 is 5.54 Å². The van der Waals surface area contributed by atoms with Crippen molar-refractivity contribution in [3.63, 3.8) is 0 Å². The fourth-order valence-corrected chi connectivity index (χ4v) is 3.35. The van der Waals surface area contributed by atoms with Crippen LogP contribution in [0.2, 0.25) is 0 Å². The van der Waals surface area contributed by atoms with E-state index in [9.17, 15) is 4.79 Å². The maximum atomic E-state index is 12.6. The number of fused-ring (bicyclic) bond motifs is 1. The molecule has 4 rings (SSSR count). The summed E-state index contributed by atoms with van der Waals surface area (Å²) in [5.41, 5.74) is 1.42. The molecule has 1 fully saturated rings. The lowest BCUT2D eigenvalue weighted by molar-refractivity contribution is -0.121. The molecule has 0 radical (unpaired) electrons. The van der Waals surface area contributed by atoms with Crippen LogP contribution < -0.4 is 5.32 Å². The van der Waals surface area contributed by atoms with Crippen molar-refractivity contribution in [3.05, 3.63) is 41.9 Å². The Kier molecular flexibility index (Phi) is 2.81. The minimum atomic E-state index is -0.525. The minimum Gasteiger partial charge on any atom is -0.361 e. The topological polar surface area (TPSA) is 99.4 Å². The molecule has 2 aromatic heterocycles. The zero-order valence-electron chi connectivity index (χ0n) is 13.1. The van der Waals surface area contributed by atoms with Gasteiger partial charge in [-0.05, 0) is 23.5 Å². The first kappa shape index (κ1) is 13.9. The number of para-hydroxylation sites is 1. The van der Waals surface area contributed by atoms with E-state index in [0.29, 0.717) is 12.2 Å². The quantitative estimate of drug-likeness (QED) is 0.682. The van der Waals surface area contributed by atoms with Gasteiger partial charge in [0.15, 0.2) is 5.82 Å². The SMILES string of the molecule is CC1(C)CC1(NC(=O)Cc1c[nH]c2ccccc12)c1nn[nH]n1. The van der Waals surface area contributed by atoms with Gasteiger partial charge < -0.3 is 10.3 Å². The summed E-state index contributed by atoms with van der Waals surface area (Å²) in [4.78, 5) is 15.8. The van der Waals surface area contributed by atoms with Crippen LogP contribution in [0.5, 0.6) is 0 Å². The molecule has 3 aromatic rings. The molecule has 7 heteroatoms. The van der Waals surface area contributed by atoms with E-state index in [2.05, 4.69) is 44.8 Å². The number of carbonyl (C=O) groups is 1. The van der Waals surface area contributed by atoms with E-state index in [-0.39, 0.29) is 11.3 Å². The highest BCUT2D eigenvalue weighted by Crippen LogP contribution is 2.61. The summed E-state index contributed by atoms with van der Waals surface area (Å²) in [6.07, 6.45) is 3.02. The van der Waals surface area contributed by atoms with Crippen molar-refractivity contribution in [1.29, 1.82) is 0 Å². The molecule has 0 bridgehead atoms. The summed E-state index contributed by atoms with van der Waals surface area (Å²) in [7, 11) is 0. The van der Waals surface area contributed by atoms with Crippen molar-refractivity contribution in [2.75, 3.05) is 0 Å². The molecule has 2 heterocycles. The zero-order valence-corrected chi connectivity index (χ0v) is 13.1. The van der Waals surface area contributed by atoms with E-state index >= 15 is 0 Å². The van der Waals surface area contributed by atoms with Gasteiger partial charge >= 0.3 is 0 Å². The molecular weight excluding hydrogens is 292 g/mol. The molecule has 0 aliphatic heterocycles. The molecule has 1 saturated carbocycles. The number of tetrazole rings is 1. The second-order valence-corrected chi connectivity index (χ2v) is 6.79. The standard InChI is InChI=1S/C16H18N6O/c1-15(2)9-16(15,14-19-21-22-20-14)18-13(23)7-10-8-17-12-6-4-3-5-11(10)12/h3-6,8,17H,7,9H2,1-2H3,(H,18,23)(H,19,20,21,22). The van der Waals surface area contributed by atoms with Crippen LogP contribution in [0.4, 0.5) is 0 Å². The summed E-state index contributed by atoms with van der Waals surface area (Å²) >= 11 is 0. The number of benzene rings is 1. The van der Waals surface area contributed by atoms with Crippen LogP contribution in [-0.4, -0.2) is 31.5 Å². The summed E-state index contributed by atoms with van der Waals surface area (Å²) in [6, 6.07) is 7.97. The number of nitrogens with zero attached hydrogens (tertiary/aromatic N) is 3. The van der Waals surface area contributed by atoms with Crippen LogP contribution in [0.15, 0.2) is 30.5 Å². The zero-order chi connectivity index (χ0) is 16.1. The molecule has 1 atom stereocenters. The Hall–Kier alpha value is -2.70. The second-order valence-electron chi connectivity index (χ2n) is 6.79. The fourth-order valence-electron chi connectivity index (χ4n) is 3.35. The van der Waals surface area contributed by atoms with Gasteiger partial charge in [-0.2, -0.15) is 5.21 Å². The lowest BCUT2D eigenvalue weighted by Gasteiger charge is -2.18. The van der Waals surface area contributed by atoms with Crippen molar-refractivity contribution in [3.8, 4) is 0 Å². The largest absolute Gasteiger partial charge is 0.361 e. The van der Waals surface area contributed by atoms with Crippen LogP contribution in [0, 0.1) is 5.41 Å². The molecule has 1 unspecified atom stereocenters. The van der Waals surface area contributed by atoms with Crippen molar-refractivity contribution in [2.24, 2.45) is 5.41 Å². The number of aromatic nitrogens is 5. The third kappa shape index (κ3) is 2.11. The van der Waals surface area contributed by atoms with Gasteiger partial charge in [0, 0.05) is 17.1 Å². The third-order valence-electron chi connectivity index (χ3n) is 4.84. The van der Waals surface area contributed by atoms with Gasteiger partial charge in [-0.1, -0.05) is 37.3 Å². The average Bonchev–Trinajstić information content (AvgIpc) is 2.98. The van der Waals surface area contributed by atoms with Crippen molar-refractivity contribution in [2.45, 2.75) is 32.2 Å². The number of H-pyrrole nitrogens is 2. The lowest BCUT2D eigenvalue weighted by atomic mass is 10.0. The number of carbonyl (C=O) groups excluding carboxylic acids is 1. The Morgan fingerprint density at radius 1 is 1.35 bits per heavy atom. The number of nitrogens with one attached hydrogen (secondary N) is 3. The number of hydrogen-bond acceptors (Lipinski definition) is 4. The number of amides is 1. The summed E-state index contributed by atoms with van der Waals surface area (Å²) in [6.45, 7) is 4.19. The molecule has 23 heavy (non-hydrogen) atoms. The van der Waals surface area contributed by atoms with Crippen molar-refractivity contribution in [1.82, 2.24) is 30.9 Å². The molecule has 118 valence electrons. The smallest absolute Gasteiger partial charge is 0.225 e. The normalized spacial score (nSPS) is 22.2. The highest BCUT2D eigenvalue weighted by atomic mass is 16.1. The Morgan fingerprint density at radius 3 is 2.83 bits per heavy atom. The van der Waals surface area contributed by atoms with Crippen LogP contribution in [0.3, 0.4) is 0 Å². The molecule has 1 amide bonds. The van der Waals surface area contributed by atoms with Gasteiger partial charge in [0.05, 0.1) is 6.42 Å². The molecule has 1 aromatic carbocycles. The maximum absolute atomic E-state index is 12.6. The molecule has 7 nitrogen and oxygen atoms in total. The predicted molar refractivity (Wildman–Crippen MR) is 84.4 cm³/mol. The highest BCUT2D eigenvalue weighted by Gasteiger charge is 2.66. The van der Waals surface area contributed by atoms with Gasteiger partial charge in [0.25, 0.3) is 0 Å². The van der Waals surface area contributed by atoms with Gasteiger partial charge in [-0.3, -0.25) is 4.79 Å². The number of hydrogen-bond donors (Lipinski definition) is 3. The van der Waals surface area contributed by atoms with Gasteiger partial charge in [0.2, 0.25) is 5.91 Å². The summed E-state index contributed by atoms with van der Waals surface area (Å²) in [5, 5.41) is 18.5. The number of aromatic amines is 2. The van der Waals surface area contributed by atoms with E-state index in [1.807, 2.05) is 30.5 Å². The van der Waals surface area contributed by atoms with Crippen molar-refractivity contribution < 1.29 is 4.79 Å². The predicted octanol–water partition coefficient (Wildman–Crippen LogP) is 1.67. The Bertz CT molecular complexity index is 866. The monoisotopic (exact) mass is 310 g/mol. The molecule has 3 N–H and O–H groups in total. The third-order valence-corrected chi connectivity index (χ3v) is 4.84. The molecular formula is C16H18N6O. The lowest BCUT2D eigenvalue weighted by Crippen LogP contribution is -2.40. The van der Waals surface area contributed by atoms with E-state index in [4.69, 9.17) is 0 Å². The number of rotatable bonds is 4. The summed E-state index contributed by atoms with van der Waals surface area (Å²) in [5.74, 6) is 0.514. The van der Waals surface area contributed by atoms with Crippen LogP contribution in [0.25, 0.3) is 10.9 Å². The Morgan fingerprint density at radius 2 is 2.13 bits per heavy atom. The van der Waals surface area contributed by atoms with Gasteiger partial charge in [-0.15, -0.1) is 10.2 Å².